The Bertz CT molecular complexity index is 812. The van der Waals surface area contributed by atoms with Gasteiger partial charge in [-0.3, -0.25) is 0 Å². The zero-order valence-corrected chi connectivity index (χ0v) is 13.1. The van der Waals surface area contributed by atoms with E-state index in [0.29, 0.717) is 0 Å². The molecule has 0 spiro atoms. The standard InChI is InChI=1S/C21H21N/c1-15-9-4-6-12-19(15)16(2)22-17(3)20-14-8-11-18-10-5-7-13-21(18)20/h4-14,17,22H,2H2,1,3H3. The van der Waals surface area contributed by atoms with Crippen molar-refractivity contribution in [2.45, 2.75) is 19.9 Å². The maximum atomic E-state index is 4.22. The molecule has 1 atom stereocenters. The highest BCUT2D eigenvalue weighted by Gasteiger charge is 2.11. The van der Waals surface area contributed by atoms with Gasteiger partial charge >= 0.3 is 0 Å². The average Bonchev–Trinajstić information content (AvgIpc) is 2.54. The Balaban J connectivity index is 1.89. The van der Waals surface area contributed by atoms with Crippen molar-refractivity contribution in [3.05, 3.63) is 90.0 Å². The molecule has 0 amide bonds. The summed E-state index contributed by atoms with van der Waals surface area (Å²) in [6, 6.07) is 23.5. The summed E-state index contributed by atoms with van der Waals surface area (Å²) in [7, 11) is 0. The van der Waals surface area contributed by atoms with E-state index in [4.69, 9.17) is 0 Å². The maximum Gasteiger partial charge on any atom is 0.0491 e. The SMILES string of the molecule is C=C(NC(C)c1cccc2ccccc12)c1ccccc1C. The number of rotatable bonds is 4. The fraction of sp³-hybridized carbons (Fsp3) is 0.143. The molecule has 0 aliphatic heterocycles. The first-order chi connectivity index (χ1) is 10.7. The molecule has 1 nitrogen and oxygen atoms in total. The highest BCUT2D eigenvalue weighted by Crippen LogP contribution is 2.26. The molecule has 1 unspecified atom stereocenters. The maximum absolute atomic E-state index is 4.22. The van der Waals surface area contributed by atoms with Crippen LogP contribution in [0.15, 0.2) is 73.3 Å². The first kappa shape index (κ1) is 14.4. The third-order valence-electron chi connectivity index (χ3n) is 4.15. The number of hydrogen-bond donors (Lipinski definition) is 1. The second-order valence-electron chi connectivity index (χ2n) is 5.73. The van der Waals surface area contributed by atoms with Crippen molar-refractivity contribution in [2.24, 2.45) is 0 Å². The van der Waals surface area contributed by atoms with Gasteiger partial charge in [0.1, 0.15) is 0 Å². The second kappa shape index (κ2) is 6.07. The Morgan fingerprint density at radius 3 is 2.41 bits per heavy atom. The lowest BCUT2D eigenvalue weighted by atomic mass is 9.98. The highest BCUT2D eigenvalue weighted by atomic mass is 14.9. The summed E-state index contributed by atoms with van der Waals surface area (Å²) in [6.45, 7) is 8.52. The van der Waals surface area contributed by atoms with Gasteiger partial charge in [-0.05, 0) is 41.3 Å². The Labute approximate surface area is 132 Å². The monoisotopic (exact) mass is 287 g/mol. The van der Waals surface area contributed by atoms with Crippen LogP contribution < -0.4 is 5.32 Å². The van der Waals surface area contributed by atoms with E-state index in [1.54, 1.807) is 0 Å². The molecule has 0 aliphatic carbocycles. The molecule has 22 heavy (non-hydrogen) atoms. The largest absolute Gasteiger partial charge is 0.378 e. The van der Waals surface area contributed by atoms with Crippen molar-refractivity contribution in [2.75, 3.05) is 0 Å². The summed E-state index contributed by atoms with van der Waals surface area (Å²) in [5, 5.41) is 6.12. The molecule has 0 saturated heterocycles. The summed E-state index contributed by atoms with van der Waals surface area (Å²) < 4.78 is 0. The van der Waals surface area contributed by atoms with Crippen LogP contribution in [0.4, 0.5) is 0 Å². The van der Waals surface area contributed by atoms with Crippen molar-refractivity contribution in [3.8, 4) is 0 Å². The fourth-order valence-electron chi connectivity index (χ4n) is 2.96. The van der Waals surface area contributed by atoms with Gasteiger partial charge in [-0.1, -0.05) is 73.3 Å². The minimum absolute atomic E-state index is 0.207. The van der Waals surface area contributed by atoms with Crippen LogP contribution in [0.25, 0.3) is 16.5 Å². The molecule has 0 bridgehead atoms. The van der Waals surface area contributed by atoms with Crippen LogP contribution in [-0.4, -0.2) is 0 Å². The van der Waals surface area contributed by atoms with E-state index < -0.39 is 0 Å². The molecule has 1 N–H and O–H groups in total. The van der Waals surface area contributed by atoms with Gasteiger partial charge in [0.2, 0.25) is 0 Å². The third-order valence-corrected chi connectivity index (χ3v) is 4.15. The van der Waals surface area contributed by atoms with Gasteiger partial charge in [-0.25, -0.2) is 0 Å². The Hall–Kier alpha value is -2.54. The first-order valence-corrected chi connectivity index (χ1v) is 7.66. The highest BCUT2D eigenvalue weighted by molar-refractivity contribution is 5.86. The Kier molecular flexibility index (Phi) is 3.97. The molecule has 0 fully saturated rings. The molecular weight excluding hydrogens is 266 g/mol. The second-order valence-corrected chi connectivity index (χ2v) is 5.73. The van der Waals surface area contributed by atoms with Crippen molar-refractivity contribution >= 4 is 16.5 Å². The average molecular weight is 287 g/mol. The Morgan fingerprint density at radius 1 is 0.909 bits per heavy atom. The summed E-state index contributed by atoms with van der Waals surface area (Å²) in [5.74, 6) is 0. The van der Waals surface area contributed by atoms with E-state index in [2.05, 4.69) is 92.5 Å². The summed E-state index contributed by atoms with van der Waals surface area (Å²) >= 11 is 0. The molecule has 0 heterocycles. The van der Waals surface area contributed by atoms with Gasteiger partial charge in [-0.15, -0.1) is 0 Å². The summed E-state index contributed by atoms with van der Waals surface area (Å²) in [6.07, 6.45) is 0. The van der Waals surface area contributed by atoms with Crippen molar-refractivity contribution in [1.82, 2.24) is 5.32 Å². The molecule has 0 saturated carbocycles. The summed E-state index contributed by atoms with van der Waals surface area (Å²) in [5.41, 5.74) is 4.69. The minimum Gasteiger partial charge on any atom is -0.378 e. The predicted octanol–water partition coefficient (Wildman–Crippen LogP) is 5.47. The topological polar surface area (TPSA) is 12.0 Å². The zero-order chi connectivity index (χ0) is 15.5. The van der Waals surface area contributed by atoms with Crippen molar-refractivity contribution < 1.29 is 0 Å². The lowest BCUT2D eigenvalue weighted by Crippen LogP contribution is -2.17. The van der Waals surface area contributed by atoms with Crippen LogP contribution in [0.5, 0.6) is 0 Å². The van der Waals surface area contributed by atoms with E-state index in [1.165, 1.54) is 27.5 Å². The van der Waals surface area contributed by atoms with E-state index >= 15 is 0 Å². The number of fused-ring (bicyclic) bond motifs is 1. The van der Waals surface area contributed by atoms with E-state index in [-0.39, 0.29) is 6.04 Å². The first-order valence-electron chi connectivity index (χ1n) is 7.66. The number of benzene rings is 3. The predicted molar refractivity (Wildman–Crippen MR) is 95.7 cm³/mol. The molecule has 110 valence electrons. The lowest BCUT2D eigenvalue weighted by Gasteiger charge is -2.20. The molecule has 3 rings (SSSR count). The number of nitrogens with one attached hydrogen (secondary N) is 1. The van der Waals surface area contributed by atoms with E-state index in [1.807, 2.05) is 0 Å². The van der Waals surface area contributed by atoms with Crippen LogP contribution in [0, 0.1) is 6.92 Å². The summed E-state index contributed by atoms with van der Waals surface area (Å²) in [4.78, 5) is 0. The van der Waals surface area contributed by atoms with Gasteiger partial charge in [0, 0.05) is 11.7 Å². The number of hydrogen-bond acceptors (Lipinski definition) is 1. The van der Waals surface area contributed by atoms with Gasteiger partial charge in [-0.2, -0.15) is 0 Å². The van der Waals surface area contributed by atoms with Gasteiger partial charge in [0.25, 0.3) is 0 Å². The fourth-order valence-corrected chi connectivity index (χ4v) is 2.96. The van der Waals surface area contributed by atoms with Crippen molar-refractivity contribution in [3.63, 3.8) is 0 Å². The quantitative estimate of drug-likeness (QED) is 0.671. The minimum atomic E-state index is 0.207. The van der Waals surface area contributed by atoms with Gasteiger partial charge in [0.05, 0.1) is 0 Å². The van der Waals surface area contributed by atoms with Gasteiger partial charge in [0.15, 0.2) is 0 Å². The van der Waals surface area contributed by atoms with E-state index in [0.717, 1.165) is 5.70 Å². The number of aryl methyl sites for hydroxylation is 1. The van der Waals surface area contributed by atoms with Crippen LogP contribution in [0.1, 0.15) is 29.7 Å². The third kappa shape index (κ3) is 2.75. The van der Waals surface area contributed by atoms with Crippen LogP contribution in [-0.2, 0) is 0 Å². The zero-order valence-electron chi connectivity index (χ0n) is 13.1. The molecule has 0 aromatic heterocycles. The van der Waals surface area contributed by atoms with Crippen LogP contribution in [0.2, 0.25) is 0 Å². The molecule has 0 aliphatic rings. The van der Waals surface area contributed by atoms with Gasteiger partial charge < -0.3 is 5.32 Å². The molecule has 3 aromatic rings. The normalized spacial score (nSPS) is 12.1. The lowest BCUT2D eigenvalue weighted by molar-refractivity contribution is 0.707. The smallest absolute Gasteiger partial charge is 0.0491 e. The molecule has 0 radical (unpaired) electrons. The van der Waals surface area contributed by atoms with Crippen LogP contribution in [0.3, 0.4) is 0 Å². The molecular formula is C21H21N. The Morgan fingerprint density at radius 2 is 1.59 bits per heavy atom. The van der Waals surface area contributed by atoms with E-state index in [9.17, 15) is 0 Å². The van der Waals surface area contributed by atoms with Crippen molar-refractivity contribution in [1.29, 1.82) is 0 Å². The molecule has 3 aromatic carbocycles. The van der Waals surface area contributed by atoms with Crippen LogP contribution >= 0.6 is 0 Å². The molecule has 1 heteroatoms.